The van der Waals surface area contributed by atoms with Gasteiger partial charge in [-0.25, -0.2) is 8.42 Å². The summed E-state index contributed by atoms with van der Waals surface area (Å²) in [5.74, 6) is 0. The summed E-state index contributed by atoms with van der Waals surface area (Å²) < 4.78 is 24.9. The first-order valence-corrected chi connectivity index (χ1v) is 12.0. The van der Waals surface area contributed by atoms with Crippen molar-refractivity contribution in [2.75, 3.05) is 32.4 Å². The Labute approximate surface area is 179 Å². The molecule has 2 aromatic carbocycles. The molecule has 156 valence electrons. The summed E-state index contributed by atoms with van der Waals surface area (Å²) in [4.78, 5) is 5.78. The molecule has 0 radical (unpaired) electrons. The van der Waals surface area contributed by atoms with Crippen molar-refractivity contribution in [3.05, 3.63) is 53.1 Å². The smallest absolute Gasteiger partial charge is 0.211 e. The molecule has 5 rings (SSSR count). The molecule has 0 saturated carbocycles. The molecular weight excluding hydrogens is 422 g/mol. The van der Waals surface area contributed by atoms with Crippen LogP contribution in [0.4, 0.5) is 0 Å². The van der Waals surface area contributed by atoms with Gasteiger partial charge in [-0.2, -0.15) is 9.40 Å². The van der Waals surface area contributed by atoms with Crippen molar-refractivity contribution >= 4 is 43.4 Å². The number of halogens is 1. The van der Waals surface area contributed by atoms with Gasteiger partial charge in [0.2, 0.25) is 10.0 Å². The first-order valence-electron chi connectivity index (χ1n) is 9.80. The van der Waals surface area contributed by atoms with E-state index < -0.39 is 10.0 Å². The van der Waals surface area contributed by atoms with Gasteiger partial charge in [0.15, 0.2) is 0 Å². The minimum Gasteiger partial charge on any atom is -0.353 e. The van der Waals surface area contributed by atoms with Crippen LogP contribution in [-0.2, 0) is 16.6 Å². The van der Waals surface area contributed by atoms with Crippen LogP contribution in [0.15, 0.2) is 42.5 Å². The monoisotopic (exact) mass is 443 g/mol. The zero-order valence-corrected chi connectivity index (χ0v) is 18.1. The Morgan fingerprint density at radius 1 is 1.03 bits per heavy atom. The van der Waals surface area contributed by atoms with Gasteiger partial charge in [-0.05, 0) is 35.9 Å². The topological polar surface area (TPSA) is 85.1 Å². The molecule has 7 nitrogen and oxygen atoms in total. The normalized spacial score (nSPS) is 16.6. The lowest BCUT2D eigenvalue weighted by Crippen LogP contribution is -2.47. The van der Waals surface area contributed by atoms with E-state index in [4.69, 9.17) is 11.6 Å². The minimum absolute atomic E-state index is 0.546. The van der Waals surface area contributed by atoms with Crippen molar-refractivity contribution in [3.8, 4) is 11.4 Å². The van der Waals surface area contributed by atoms with E-state index in [1.165, 1.54) is 11.8 Å². The van der Waals surface area contributed by atoms with Crippen LogP contribution in [0.1, 0.15) is 5.56 Å². The third-order valence-electron chi connectivity index (χ3n) is 5.67. The summed E-state index contributed by atoms with van der Waals surface area (Å²) in [6, 6.07) is 14.2. The second-order valence-corrected chi connectivity index (χ2v) is 10.2. The fourth-order valence-electron chi connectivity index (χ4n) is 4.07. The highest BCUT2D eigenvalue weighted by Crippen LogP contribution is 2.30. The molecule has 1 aliphatic rings. The fraction of sp³-hybridized carbons (Fsp3) is 0.286. The predicted octanol–water partition coefficient (Wildman–Crippen LogP) is 3.44. The number of aromatic nitrogens is 3. The number of hydrogen-bond donors (Lipinski definition) is 2. The van der Waals surface area contributed by atoms with Crippen LogP contribution in [0.2, 0.25) is 5.02 Å². The largest absolute Gasteiger partial charge is 0.353 e. The van der Waals surface area contributed by atoms with Gasteiger partial charge in [0.25, 0.3) is 0 Å². The van der Waals surface area contributed by atoms with E-state index in [1.807, 2.05) is 18.2 Å². The summed E-state index contributed by atoms with van der Waals surface area (Å²) >= 11 is 6.07. The third-order valence-corrected chi connectivity index (χ3v) is 7.21. The molecule has 0 bridgehead atoms. The SMILES string of the molecule is CS(=O)(=O)N1CCN(Cc2ccc3cc(-c4n[nH]c5cc(Cl)ccc45)[nH]c3c2)CC1. The predicted molar refractivity (Wildman–Crippen MR) is 120 cm³/mol. The van der Waals surface area contributed by atoms with E-state index in [9.17, 15) is 8.42 Å². The van der Waals surface area contributed by atoms with Crippen LogP contribution in [0, 0.1) is 0 Å². The highest BCUT2D eigenvalue weighted by molar-refractivity contribution is 7.88. The summed E-state index contributed by atoms with van der Waals surface area (Å²) in [7, 11) is -3.10. The zero-order valence-electron chi connectivity index (χ0n) is 16.5. The number of rotatable bonds is 4. The average molecular weight is 444 g/mol. The van der Waals surface area contributed by atoms with Gasteiger partial charge in [-0.3, -0.25) is 10.00 Å². The minimum atomic E-state index is -3.10. The lowest BCUT2D eigenvalue weighted by molar-refractivity contribution is 0.182. The molecule has 9 heteroatoms. The molecule has 1 aliphatic heterocycles. The van der Waals surface area contributed by atoms with Gasteiger partial charge in [0.05, 0.1) is 17.5 Å². The summed E-state index contributed by atoms with van der Waals surface area (Å²) in [5.41, 5.74) is 4.99. The Hall–Kier alpha value is -2.39. The van der Waals surface area contributed by atoms with Gasteiger partial charge in [-0.15, -0.1) is 0 Å². The lowest BCUT2D eigenvalue weighted by Gasteiger charge is -2.33. The van der Waals surface area contributed by atoms with Crippen molar-refractivity contribution in [2.24, 2.45) is 0 Å². The molecule has 3 heterocycles. The van der Waals surface area contributed by atoms with Crippen LogP contribution in [0.25, 0.3) is 33.2 Å². The quantitative estimate of drug-likeness (QED) is 0.506. The molecule has 0 unspecified atom stereocenters. The van der Waals surface area contributed by atoms with Gasteiger partial charge in [0, 0.05) is 54.0 Å². The number of H-pyrrole nitrogens is 2. The molecule has 4 aromatic rings. The Balaban J connectivity index is 1.37. The molecule has 1 fully saturated rings. The number of benzene rings is 2. The maximum atomic E-state index is 11.7. The second-order valence-electron chi connectivity index (χ2n) is 7.80. The Morgan fingerprint density at radius 2 is 1.83 bits per heavy atom. The molecular formula is C21H22ClN5O2S. The van der Waals surface area contributed by atoms with E-state index in [2.05, 4.69) is 44.3 Å². The van der Waals surface area contributed by atoms with E-state index in [0.29, 0.717) is 18.1 Å². The number of nitrogens with one attached hydrogen (secondary N) is 2. The number of aromatic amines is 2. The molecule has 2 aromatic heterocycles. The van der Waals surface area contributed by atoms with Crippen LogP contribution in [0.5, 0.6) is 0 Å². The second kappa shape index (κ2) is 7.39. The lowest BCUT2D eigenvalue weighted by atomic mass is 10.1. The fourth-order valence-corrected chi connectivity index (χ4v) is 5.07. The van der Waals surface area contributed by atoms with E-state index in [0.717, 1.165) is 52.8 Å². The molecule has 0 spiro atoms. The number of hydrogen-bond acceptors (Lipinski definition) is 4. The van der Waals surface area contributed by atoms with Gasteiger partial charge in [0.1, 0.15) is 5.69 Å². The molecule has 0 amide bonds. The average Bonchev–Trinajstić information content (AvgIpc) is 3.30. The number of sulfonamides is 1. The molecule has 0 aliphatic carbocycles. The summed E-state index contributed by atoms with van der Waals surface area (Å²) in [5, 5.41) is 10.3. The third kappa shape index (κ3) is 3.72. The van der Waals surface area contributed by atoms with Crippen molar-refractivity contribution in [1.82, 2.24) is 24.4 Å². The Bertz CT molecular complexity index is 1340. The van der Waals surface area contributed by atoms with Crippen molar-refractivity contribution < 1.29 is 8.42 Å². The summed E-state index contributed by atoms with van der Waals surface area (Å²) in [6.45, 7) is 3.37. The number of nitrogens with zero attached hydrogens (tertiary/aromatic N) is 3. The number of fused-ring (bicyclic) bond motifs is 2. The molecule has 1 saturated heterocycles. The van der Waals surface area contributed by atoms with E-state index in [1.54, 1.807) is 4.31 Å². The van der Waals surface area contributed by atoms with Gasteiger partial charge in [-0.1, -0.05) is 23.7 Å². The van der Waals surface area contributed by atoms with Crippen molar-refractivity contribution in [3.63, 3.8) is 0 Å². The van der Waals surface area contributed by atoms with Crippen molar-refractivity contribution in [2.45, 2.75) is 6.54 Å². The first-order chi connectivity index (χ1) is 14.4. The van der Waals surface area contributed by atoms with Crippen LogP contribution in [0.3, 0.4) is 0 Å². The molecule has 2 N–H and O–H groups in total. The van der Waals surface area contributed by atoms with Crippen LogP contribution in [-0.4, -0.2) is 65.2 Å². The van der Waals surface area contributed by atoms with Gasteiger partial charge >= 0.3 is 0 Å². The Kier molecular flexibility index (Phi) is 4.82. The van der Waals surface area contributed by atoms with Crippen LogP contribution < -0.4 is 0 Å². The highest BCUT2D eigenvalue weighted by Gasteiger charge is 2.23. The molecule has 0 atom stereocenters. The van der Waals surface area contributed by atoms with E-state index >= 15 is 0 Å². The highest BCUT2D eigenvalue weighted by atomic mass is 35.5. The maximum absolute atomic E-state index is 11.7. The van der Waals surface area contributed by atoms with Crippen LogP contribution >= 0.6 is 11.6 Å². The number of piperazine rings is 1. The first kappa shape index (κ1) is 19.6. The van der Waals surface area contributed by atoms with E-state index in [-0.39, 0.29) is 0 Å². The summed E-state index contributed by atoms with van der Waals surface area (Å²) in [6.07, 6.45) is 1.27. The van der Waals surface area contributed by atoms with Gasteiger partial charge < -0.3 is 4.98 Å². The standard InChI is InChI=1S/C21H22ClN5O2S/c1-30(28,29)27-8-6-26(7-9-27)13-14-2-3-15-11-20(23-18(15)10-14)21-17-5-4-16(22)12-19(17)24-25-21/h2-5,10-12,23H,6-9,13H2,1H3,(H,24,25). The molecule has 30 heavy (non-hydrogen) atoms. The van der Waals surface area contributed by atoms with Crippen molar-refractivity contribution in [1.29, 1.82) is 0 Å². The Morgan fingerprint density at radius 3 is 2.60 bits per heavy atom. The maximum Gasteiger partial charge on any atom is 0.211 e. The zero-order chi connectivity index (χ0) is 20.9.